The second-order valence-electron chi connectivity index (χ2n) is 6.79. The van der Waals surface area contributed by atoms with E-state index < -0.39 is 35.2 Å². The van der Waals surface area contributed by atoms with Crippen molar-refractivity contribution in [3.8, 4) is 0 Å². The predicted molar refractivity (Wildman–Crippen MR) is 97.3 cm³/mol. The number of rotatable bonds is 12. The van der Waals surface area contributed by atoms with Crippen LogP contribution in [-0.2, 0) is 21.8 Å². The van der Waals surface area contributed by atoms with Gasteiger partial charge < -0.3 is 21.8 Å². The molecule has 2 unspecified atom stereocenters. The summed E-state index contributed by atoms with van der Waals surface area (Å²) < 4.78 is 29.7. The molecule has 0 bridgehead atoms. The summed E-state index contributed by atoms with van der Waals surface area (Å²) in [6.07, 6.45) is 1.32. The van der Waals surface area contributed by atoms with Gasteiger partial charge in [0.25, 0.3) is 0 Å². The molecule has 130 valence electrons. The monoisotopic (exact) mass is 380 g/mol. The Hall–Kier alpha value is 0.668. The molecule has 22 heavy (non-hydrogen) atoms. The Morgan fingerprint density at radius 3 is 2.14 bits per heavy atom. The first-order chi connectivity index (χ1) is 10.1. The van der Waals surface area contributed by atoms with E-state index in [2.05, 4.69) is 45.8 Å². The molecule has 0 N–H and O–H groups in total. The van der Waals surface area contributed by atoms with Crippen molar-refractivity contribution in [2.45, 2.75) is 64.4 Å². The van der Waals surface area contributed by atoms with Crippen LogP contribution in [0.25, 0.3) is 0 Å². The third kappa shape index (κ3) is 9.73. The first-order valence-corrected chi connectivity index (χ1v) is 18.2. The van der Waals surface area contributed by atoms with Gasteiger partial charge in [0, 0.05) is 6.61 Å². The predicted octanol–water partition coefficient (Wildman–Crippen LogP) is 3.12. The molecular formula is C13H32O5Si4. The van der Waals surface area contributed by atoms with E-state index in [0.717, 1.165) is 32.3 Å². The van der Waals surface area contributed by atoms with Gasteiger partial charge in [-0.15, -0.1) is 0 Å². The van der Waals surface area contributed by atoms with Crippen molar-refractivity contribution in [2.24, 2.45) is 0 Å². The van der Waals surface area contributed by atoms with E-state index in [1.165, 1.54) is 0 Å². The van der Waals surface area contributed by atoms with Gasteiger partial charge in [0.1, 0.15) is 6.10 Å². The molecule has 0 saturated carbocycles. The van der Waals surface area contributed by atoms with Crippen LogP contribution in [0.2, 0.25) is 51.9 Å². The molecule has 0 aromatic rings. The summed E-state index contributed by atoms with van der Waals surface area (Å²) in [5.74, 6) is 0. The van der Waals surface area contributed by atoms with Gasteiger partial charge in [0.15, 0.2) is 18.1 Å². The van der Waals surface area contributed by atoms with Crippen molar-refractivity contribution in [1.82, 2.24) is 0 Å². The highest BCUT2D eigenvalue weighted by Gasteiger charge is 2.40. The lowest BCUT2D eigenvalue weighted by molar-refractivity contribution is 0.116. The fraction of sp³-hybridized carbons (Fsp3) is 1.00. The number of ether oxygens (including phenoxy) is 2. The van der Waals surface area contributed by atoms with Gasteiger partial charge in [-0.3, -0.25) is 0 Å². The smallest absolute Gasteiger partial charge is 0.315 e. The molecule has 0 aromatic heterocycles. The second kappa shape index (κ2) is 9.23. The Kier molecular flexibility index (Phi) is 8.69. The Balaban J connectivity index is 2.43. The summed E-state index contributed by atoms with van der Waals surface area (Å²) in [5.41, 5.74) is 0. The van der Waals surface area contributed by atoms with Gasteiger partial charge in [-0.1, -0.05) is 0 Å². The Bertz CT molecular complexity index is 326. The van der Waals surface area contributed by atoms with Crippen LogP contribution in [0.5, 0.6) is 0 Å². The van der Waals surface area contributed by atoms with Gasteiger partial charge in [-0.25, -0.2) is 0 Å². The fourth-order valence-corrected chi connectivity index (χ4v) is 16.7. The summed E-state index contributed by atoms with van der Waals surface area (Å²) >= 11 is 0. The Labute approximate surface area is 141 Å². The van der Waals surface area contributed by atoms with E-state index in [9.17, 15) is 0 Å². The lowest BCUT2D eigenvalue weighted by Gasteiger charge is -2.37. The van der Waals surface area contributed by atoms with Crippen molar-refractivity contribution < 1.29 is 21.8 Å². The third-order valence-corrected chi connectivity index (χ3v) is 14.9. The van der Waals surface area contributed by atoms with Crippen LogP contribution in [0.4, 0.5) is 0 Å². The molecule has 0 aromatic carbocycles. The van der Waals surface area contributed by atoms with Crippen molar-refractivity contribution in [2.75, 3.05) is 19.8 Å². The van der Waals surface area contributed by atoms with E-state index in [1.807, 2.05) is 0 Å². The zero-order chi connectivity index (χ0) is 16.8. The lowest BCUT2D eigenvalue weighted by Crippen LogP contribution is -2.53. The van der Waals surface area contributed by atoms with E-state index in [0.29, 0.717) is 6.10 Å². The van der Waals surface area contributed by atoms with Crippen molar-refractivity contribution in [3.63, 3.8) is 0 Å². The quantitative estimate of drug-likeness (QED) is 0.296. The topological polar surface area (TPSA) is 49.5 Å². The van der Waals surface area contributed by atoms with Crippen molar-refractivity contribution in [3.05, 3.63) is 0 Å². The molecule has 1 aliphatic rings. The molecule has 9 heteroatoms. The summed E-state index contributed by atoms with van der Waals surface area (Å²) in [6, 6.07) is 0.962. The molecule has 0 amide bonds. The largest absolute Gasteiger partial charge is 0.437 e. The molecule has 2 atom stereocenters. The molecule has 0 spiro atoms. The van der Waals surface area contributed by atoms with Crippen LogP contribution < -0.4 is 0 Å². The van der Waals surface area contributed by atoms with Gasteiger partial charge >= 0.3 is 17.1 Å². The molecule has 5 nitrogen and oxygen atoms in total. The SMILES string of the molecule is C[Si](C)O[Si](C)(C)O[Si](C)(CCCOCC1CO1)O[Si](C)C. The summed E-state index contributed by atoms with van der Waals surface area (Å²) in [6.45, 7) is 17.4. The highest BCUT2D eigenvalue weighted by atomic mass is 28.5. The summed E-state index contributed by atoms with van der Waals surface area (Å²) in [7, 11) is -5.83. The molecular weight excluding hydrogens is 348 g/mol. The first kappa shape index (κ1) is 20.7. The summed E-state index contributed by atoms with van der Waals surface area (Å²) in [4.78, 5) is 0. The van der Waals surface area contributed by atoms with E-state index in [4.69, 9.17) is 21.8 Å². The normalized spacial score (nSPS) is 21.4. The lowest BCUT2D eigenvalue weighted by atomic mass is 10.5. The maximum absolute atomic E-state index is 6.49. The van der Waals surface area contributed by atoms with Crippen LogP contribution in [0.3, 0.4) is 0 Å². The van der Waals surface area contributed by atoms with Crippen LogP contribution in [0.1, 0.15) is 6.42 Å². The van der Waals surface area contributed by atoms with Gasteiger partial charge in [-0.2, -0.15) is 0 Å². The molecule has 1 rings (SSSR count). The van der Waals surface area contributed by atoms with Crippen LogP contribution in [0, 0.1) is 0 Å². The average Bonchev–Trinajstić information content (AvgIpc) is 3.07. The van der Waals surface area contributed by atoms with E-state index in [-0.39, 0.29) is 0 Å². The third-order valence-electron chi connectivity index (χ3n) is 2.96. The standard InChI is InChI=1S/C13H32O5Si4/c1-19(2)16-21(5,6)18-22(7,17-20(3)4)10-8-9-14-11-13-12-15-13/h13H,8-12H2,1-7H3. The summed E-state index contributed by atoms with van der Waals surface area (Å²) in [5, 5.41) is 0. The van der Waals surface area contributed by atoms with E-state index >= 15 is 0 Å². The molecule has 1 heterocycles. The molecule has 1 fully saturated rings. The number of epoxide rings is 1. The highest BCUT2D eigenvalue weighted by Crippen LogP contribution is 2.24. The second-order valence-corrected chi connectivity index (χ2v) is 18.4. The van der Waals surface area contributed by atoms with E-state index in [1.54, 1.807) is 0 Å². The van der Waals surface area contributed by atoms with Crippen LogP contribution >= 0.6 is 0 Å². The van der Waals surface area contributed by atoms with Crippen molar-refractivity contribution in [1.29, 1.82) is 0 Å². The maximum atomic E-state index is 6.49. The number of hydrogen-bond acceptors (Lipinski definition) is 5. The molecule has 2 radical (unpaired) electrons. The minimum absolute atomic E-state index is 0.339. The van der Waals surface area contributed by atoms with Crippen LogP contribution in [-0.4, -0.2) is 61.1 Å². The minimum Gasteiger partial charge on any atom is -0.437 e. The molecule has 1 aliphatic heterocycles. The number of hydrogen-bond donors (Lipinski definition) is 0. The first-order valence-electron chi connectivity index (χ1n) is 8.00. The molecule has 1 saturated heterocycles. The maximum Gasteiger partial charge on any atom is 0.315 e. The Morgan fingerprint density at radius 2 is 1.64 bits per heavy atom. The highest BCUT2D eigenvalue weighted by molar-refractivity contribution is 6.84. The fourth-order valence-electron chi connectivity index (χ4n) is 2.46. The van der Waals surface area contributed by atoms with Gasteiger partial charge in [0.2, 0.25) is 0 Å². The minimum atomic E-state index is -2.19. The van der Waals surface area contributed by atoms with Crippen LogP contribution in [0.15, 0.2) is 0 Å². The zero-order valence-electron chi connectivity index (χ0n) is 15.2. The average molecular weight is 381 g/mol. The van der Waals surface area contributed by atoms with Crippen molar-refractivity contribution >= 4 is 35.2 Å². The van der Waals surface area contributed by atoms with Gasteiger partial charge in [-0.05, 0) is 58.3 Å². The zero-order valence-corrected chi connectivity index (χ0v) is 19.2. The molecule has 0 aliphatic carbocycles. The van der Waals surface area contributed by atoms with Gasteiger partial charge in [0.05, 0.1) is 13.2 Å². The Morgan fingerprint density at radius 1 is 1.05 bits per heavy atom.